The van der Waals surface area contributed by atoms with Crippen LogP contribution in [0.25, 0.3) is 11.1 Å². The predicted molar refractivity (Wildman–Crippen MR) is 131 cm³/mol. The van der Waals surface area contributed by atoms with E-state index in [4.69, 9.17) is 19.4 Å². The van der Waals surface area contributed by atoms with E-state index < -0.39 is 11.7 Å². The van der Waals surface area contributed by atoms with Crippen molar-refractivity contribution in [2.45, 2.75) is 44.9 Å². The summed E-state index contributed by atoms with van der Waals surface area (Å²) in [4.78, 5) is 33.9. The van der Waals surface area contributed by atoms with Gasteiger partial charge in [0.2, 0.25) is 0 Å². The molecular weight excluding hydrogens is 462 g/mol. The van der Waals surface area contributed by atoms with Gasteiger partial charge in [0, 0.05) is 60.6 Å². The minimum absolute atomic E-state index is 0.0645. The van der Waals surface area contributed by atoms with E-state index in [2.05, 4.69) is 20.8 Å². The number of rotatable bonds is 5. The molecule has 2 aliphatic heterocycles. The lowest BCUT2D eigenvalue weighted by molar-refractivity contribution is 0.0259. The molecule has 1 fully saturated rings. The third kappa shape index (κ3) is 5.19. The monoisotopic (exact) mass is 491 g/mol. The minimum atomic E-state index is -0.572. The number of hydrogen-bond acceptors (Lipinski definition) is 9. The Morgan fingerprint density at radius 2 is 1.92 bits per heavy atom. The summed E-state index contributed by atoms with van der Waals surface area (Å²) in [6, 6.07) is 10.6. The van der Waals surface area contributed by atoms with Crippen LogP contribution in [-0.4, -0.2) is 50.8 Å². The molecule has 5 rings (SSSR count). The van der Waals surface area contributed by atoms with Crippen LogP contribution in [0, 0.1) is 0 Å². The van der Waals surface area contributed by atoms with E-state index >= 15 is 0 Å². The Bertz CT molecular complexity index is 1230. The Balaban J connectivity index is 1.43. The quantitative estimate of drug-likeness (QED) is 0.491. The lowest BCUT2D eigenvalue weighted by Crippen LogP contribution is -2.41. The summed E-state index contributed by atoms with van der Waals surface area (Å²) in [6.45, 7) is 6.75. The number of carbonyl (C=O) groups is 1. The number of nitrogens with zero attached hydrogens (tertiary/aromatic N) is 3. The summed E-state index contributed by atoms with van der Waals surface area (Å²) in [5, 5.41) is 13.9. The number of hydrogen-bond donors (Lipinski definition) is 3. The first-order valence-corrected chi connectivity index (χ1v) is 11.8. The van der Waals surface area contributed by atoms with E-state index in [0.29, 0.717) is 30.2 Å². The minimum Gasteiger partial charge on any atom is -0.507 e. The maximum atomic E-state index is 12.3. The fourth-order valence-corrected chi connectivity index (χ4v) is 4.49. The maximum Gasteiger partial charge on any atom is 0.407 e. The molecule has 188 valence electrons. The van der Waals surface area contributed by atoms with Gasteiger partial charge in [-0.3, -0.25) is 14.9 Å². The topological polar surface area (TPSA) is 118 Å². The van der Waals surface area contributed by atoms with Gasteiger partial charge in [0.1, 0.15) is 11.4 Å². The van der Waals surface area contributed by atoms with Crippen LogP contribution in [0.4, 0.5) is 4.79 Å². The number of ether oxygens (including phenoxy) is 1. The molecule has 10 nitrogen and oxygen atoms in total. The van der Waals surface area contributed by atoms with E-state index in [9.17, 15) is 9.90 Å². The molecule has 0 saturated carbocycles. The van der Waals surface area contributed by atoms with Crippen LogP contribution in [-0.2, 0) is 4.74 Å². The van der Waals surface area contributed by atoms with Gasteiger partial charge in [0.15, 0.2) is 11.5 Å². The third-order valence-corrected chi connectivity index (χ3v) is 6.08. The van der Waals surface area contributed by atoms with Crippen LogP contribution >= 0.6 is 0 Å². The third-order valence-electron chi connectivity index (χ3n) is 6.08. The van der Waals surface area contributed by atoms with Crippen molar-refractivity contribution < 1.29 is 24.3 Å². The molecule has 2 aromatic heterocycles. The van der Waals surface area contributed by atoms with Crippen LogP contribution in [0.3, 0.4) is 0 Å². The van der Waals surface area contributed by atoms with Crippen molar-refractivity contribution in [1.82, 2.24) is 25.8 Å². The first-order chi connectivity index (χ1) is 17.3. The van der Waals surface area contributed by atoms with Gasteiger partial charge in [0.05, 0.1) is 11.7 Å². The molecule has 4 heterocycles. The van der Waals surface area contributed by atoms with Gasteiger partial charge in [-0.15, -0.1) is 0 Å². The molecule has 0 radical (unpaired) electrons. The molecule has 1 saturated heterocycles. The zero-order chi connectivity index (χ0) is 25.3. The molecule has 36 heavy (non-hydrogen) atoms. The number of likely N-dealkylation sites (tertiary alicyclic amines) is 1. The highest BCUT2D eigenvalue weighted by Gasteiger charge is 2.35. The average Bonchev–Trinajstić information content (AvgIpc) is 3.48. The molecule has 3 aromatic rings. The van der Waals surface area contributed by atoms with E-state index in [-0.39, 0.29) is 17.8 Å². The number of amides is 1. The Morgan fingerprint density at radius 3 is 2.61 bits per heavy atom. The normalized spacial score (nSPS) is 18.1. The number of pyridine rings is 2. The van der Waals surface area contributed by atoms with Gasteiger partial charge in [-0.1, -0.05) is 6.07 Å². The largest absolute Gasteiger partial charge is 0.507 e. The summed E-state index contributed by atoms with van der Waals surface area (Å²) < 4.78 is 5.43. The molecule has 2 aliphatic rings. The Morgan fingerprint density at radius 1 is 1.17 bits per heavy atom. The molecule has 1 amide bonds. The lowest BCUT2D eigenvalue weighted by Gasteiger charge is -2.29. The molecule has 0 aliphatic carbocycles. The number of nitrogens with one attached hydrogen (secondary N) is 2. The van der Waals surface area contributed by atoms with Gasteiger partial charge < -0.3 is 24.8 Å². The summed E-state index contributed by atoms with van der Waals surface area (Å²) in [5.74, 6) is 0.945. The number of alkyl carbamates (subject to hydrolysis) is 1. The van der Waals surface area contributed by atoms with Gasteiger partial charge >= 0.3 is 6.09 Å². The van der Waals surface area contributed by atoms with Crippen LogP contribution in [0.1, 0.15) is 44.5 Å². The fourth-order valence-electron chi connectivity index (χ4n) is 4.49. The molecule has 2 atom stereocenters. The maximum absolute atomic E-state index is 12.3. The van der Waals surface area contributed by atoms with Crippen molar-refractivity contribution in [3.8, 4) is 28.4 Å². The second-order valence-electron chi connectivity index (χ2n) is 9.88. The highest BCUT2D eigenvalue weighted by Crippen LogP contribution is 2.43. The number of aromatic hydroxyl groups is 1. The van der Waals surface area contributed by atoms with E-state index in [0.717, 1.165) is 23.2 Å². The number of aromatic nitrogens is 2. The molecule has 1 aromatic carbocycles. The number of benzene rings is 1. The standard InChI is InChI=1S/C26H29N5O5/c1-26(2,3)34-25(33)29-18-8-11-31(15-18)24(19-12-22-23(13-21(19)32)36-30-35-22)20-5-4-17(14-28-20)16-6-9-27-10-7-16/h4-7,9-10,12-14,18,24,30,32H,8,11,15H2,1-3H3,(H,29,33)/t18-,24?/m1/s1. The van der Waals surface area contributed by atoms with E-state index in [1.807, 2.05) is 51.2 Å². The second kappa shape index (κ2) is 9.63. The van der Waals surface area contributed by atoms with Crippen molar-refractivity contribution in [3.63, 3.8) is 0 Å². The molecule has 3 N–H and O–H groups in total. The number of fused-ring (bicyclic) bond motifs is 1. The number of phenols is 1. The zero-order valence-electron chi connectivity index (χ0n) is 20.4. The summed E-state index contributed by atoms with van der Waals surface area (Å²) in [6.07, 6.45) is 5.59. The summed E-state index contributed by atoms with van der Waals surface area (Å²) in [7, 11) is 0. The van der Waals surface area contributed by atoms with Crippen LogP contribution < -0.4 is 20.6 Å². The van der Waals surface area contributed by atoms with Gasteiger partial charge in [-0.05, 0) is 57.0 Å². The van der Waals surface area contributed by atoms with Crippen LogP contribution in [0.2, 0.25) is 0 Å². The Hall–Kier alpha value is -3.89. The highest BCUT2D eigenvalue weighted by atomic mass is 16.9. The van der Waals surface area contributed by atoms with Crippen molar-refractivity contribution in [1.29, 1.82) is 0 Å². The van der Waals surface area contributed by atoms with Crippen molar-refractivity contribution >= 4 is 6.09 Å². The average molecular weight is 492 g/mol. The number of carbonyl (C=O) groups excluding carboxylic acids is 1. The van der Waals surface area contributed by atoms with Crippen molar-refractivity contribution in [2.75, 3.05) is 13.1 Å². The van der Waals surface area contributed by atoms with Gasteiger partial charge in [-0.25, -0.2) is 4.79 Å². The van der Waals surface area contributed by atoms with Gasteiger partial charge in [-0.2, -0.15) is 0 Å². The summed E-state index contributed by atoms with van der Waals surface area (Å²) in [5.41, 5.74) is 5.15. The number of phenolic OH excluding ortho intramolecular Hbond substituents is 1. The molecular formula is C26H29N5O5. The van der Waals surface area contributed by atoms with Crippen LogP contribution in [0.5, 0.6) is 17.2 Å². The fraction of sp³-hybridized carbons (Fsp3) is 0.346. The highest BCUT2D eigenvalue weighted by molar-refractivity contribution is 5.68. The lowest BCUT2D eigenvalue weighted by atomic mass is 9.98. The van der Waals surface area contributed by atoms with Gasteiger partial charge in [0.25, 0.3) is 0 Å². The SMILES string of the molecule is CC(C)(C)OC(=O)N[C@@H]1CCN(C(c2ccc(-c3ccncc3)cn2)c2cc3c(cc2O)ONO3)C1. The second-order valence-corrected chi connectivity index (χ2v) is 9.88. The first kappa shape index (κ1) is 23.8. The van der Waals surface area contributed by atoms with E-state index in [1.165, 1.54) is 6.07 Å². The van der Waals surface area contributed by atoms with Crippen LogP contribution in [0.15, 0.2) is 55.0 Å². The molecule has 0 spiro atoms. The molecule has 1 unspecified atom stereocenters. The van der Waals surface area contributed by atoms with Crippen molar-refractivity contribution in [3.05, 3.63) is 66.2 Å². The Labute approximate surface area is 209 Å². The van der Waals surface area contributed by atoms with E-state index in [1.54, 1.807) is 18.5 Å². The summed E-state index contributed by atoms with van der Waals surface area (Å²) >= 11 is 0. The first-order valence-electron chi connectivity index (χ1n) is 11.8. The smallest absolute Gasteiger partial charge is 0.407 e. The molecule has 10 heteroatoms. The van der Waals surface area contributed by atoms with Crippen molar-refractivity contribution in [2.24, 2.45) is 0 Å². The molecule has 0 bridgehead atoms. The predicted octanol–water partition coefficient (Wildman–Crippen LogP) is 3.73. The Kier molecular flexibility index (Phi) is 6.38. The zero-order valence-corrected chi connectivity index (χ0v) is 20.4.